The van der Waals surface area contributed by atoms with Gasteiger partial charge in [0.05, 0.1) is 16.4 Å². The maximum Gasteiger partial charge on any atom is 0.278 e. The minimum atomic E-state index is -0.491. The van der Waals surface area contributed by atoms with Gasteiger partial charge in [-0.05, 0) is 38.0 Å². The number of non-ortho nitro benzene ring substituents is 1. The van der Waals surface area contributed by atoms with E-state index in [0.29, 0.717) is 16.6 Å². The Balaban J connectivity index is 1.49. The number of nitrogens with one attached hydrogen (secondary N) is 1. The summed E-state index contributed by atoms with van der Waals surface area (Å²) in [4.78, 5) is 42.5. The average molecular weight is 483 g/mol. The van der Waals surface area contributed by atoms with Crippen LogP contribution in [-0.2, 0) is 16.6 Å². The fraction of sp³-hybridized carbons (Fsp3) is 0.391. The molecule has 11 heteroatoms. The Bertz CT molecular complexity index is 1160. The van der Waals surface area contributed by atoms with Gasteiger partial charge >= 0.3 is 0 Å². The Morgan fingerprint density at radius 3 is 2.59 bits per heavy atom. The van der Waals surface area contributed by atoms with E-state index in [1.807, 2.05) is 20.2 Å². The van der Waals surface area contributed by atoms with Crippen molar-refractivity contribution < 1.29 is 14.5 Å². The number of hydrogen-bond donors (Lipinski definition) is 1. The highest BCUT2D eigenvalue weighted by Gasteiger charge is 2.36. The number of rotatable bonds is 6. The minimum absolute atomic E-state index is 0.0440. The van der Waals surface area contributed by atoms with Crippen molar-refractivity contribution in [3.63, 3.8) is 0 Å². The van der Waals surface area contributed by atoms with Gasteiger partial charge in [0.25, 0.3) is 11.6 Å². The van der Waals surface area contributed by atoms with Crippen molar-refractivity contribution in [1.82, 2.24) is 14.7 Å². The van der Waals surface area contributed by atoms with Crippen molar-refractivity contribution in [2.75, 3.05) is 11.1 Å². The first-order valence-corrected chi connectivity index (χ1v) is 12.1. The monoisotopic (exact) mass is 482 g/mol. The van der Waals surface area contributed by atoms with Crippen molar-refractivity contribution in [3.05, 3.63) is 57.5 Å². The minimum Gasteiger partial charge on any atom is -0.325 e. The van der Waals surface area contributed by atoms with Crippen LogP contribution in [0.15, 0.2) is 41.2 Å². The van der Waals surface area contributed by atoms with E-state index in [-0.39, 0.29) is 29.3 Å². The second-order valence-electron chi connectivity index (χ2n) is 8.38. The summed E-state index contributed by atoms with van der Waals surface area (Å²) < 4.78 is 1.70. The van der Waals surface area contributed by atoms with Crippen LogP contribution in [0.2, 0.25) is 0 Å². The van der Waals surface area contributed by atoms with E-state index in [1.54, 1.807) is 15.7 Å². The Hall–Kier alpha value is -3.47. The quantitative estimate of drug-likeness (QED) is 0.379. The number of carbonyl (C=O) groups excluding carboxylic acids is 2. The van der Waals surface area contributed by atoms with Gasteiger partial charge in [-0.15, -0.1) is 0 Å². The van der Waals surface area contributed by atoms with E-state index < -0.39 is 4.92 Å². The molecular weight excluding hydrogens is 456 g/mol. The standard InChI is InChI=1S/C23H26N6O4S/c1-15-16(13-27(2)26-15)12-20-22(31)28(18-6-4-3-5-7-18)23(25-20)34-14-21(30)24-17-8-10-19(11-9-17)29(32)33/h8-13,18H,3-7,14H2,1-2H3,(H,24,30)/b20-12+. The first kappa shape index (κ1) is 23.7. The Kier molecular flexibility index (Phi) is 7.11. The SMILES string of the molecule is Cc1nn(C)cc1/C=C1/N=C(SCC(=O)Nc2ccc([N+](=O)[O-])cc2)N(C2CCCCC2)C1=O. The maximum absolute atomic E-state index is 13.3. The molecule has 34 heavy (non-hydrogen) atoms. The molecule has 0 bridgehead atoms. The number of benzene rings is 1. The van der Waals surface area contributed by atoms with Crippen molar-refractivity contribution >= 4 is 46.2 Å². The molecule has 2 aliphatic rings. The van der Waals surface area contributed by atoms with Crippen molar-refractivity contribution in [2.45, 2.75) is 45.1 Å². The number of nitro groups is 1. The molecular formula is C23H26N6O4S. The van der Waals surface area contributed by atoms with E-state index >= 15 is 0 Å². The number of nitrogens with zero attached hydrogens (tertiary/aromatic N) is 5. The normalized spacial score (nSPS) is 17.8. The summed E-state index contributed by atoms with van der Waals surface area (Å²) >= 11 is 1.22. The van der Waals surface area contributed by atoms with E-state index in [1.165, 1.54) is 36.0 Å². The van der Waals surface area contributed by atoms with Crippen LogP contribution in [0.25, 0.3) is 6.08 Å². The van der Waals surface area contributed by atoms with Crippen LogP contribution < -0.4 is 5.32 Å². The average Bonchev–Trinajstić information content (AvgIpc) is 3.30. The molecule has 0 radical (unpaired) electrons. The van der Waals surface area contributed by atoms with Gasteiger partial charge in [-0.3, -0.25) is 29.3 Å². The highest BCUT2D eigenvalue weighted by Crippen LogP contribution is 2.32. The largest absolute Gasteiger partial charge is 0.325 e. The molecule has 2 heterocycles. The highest BCUT2D eigenvalue weighted by molar-refractivity contribution is 8.14. The molecule has 1 fully saturated rings. The van der Waals surface area contributed by atoms with Crippen LogP contribution in [-0.4, -0.2) is 48.4 Å². The fourth-order valence-corrected chi connectivity index (χ4v) is 5.04. The molecule has 1 N–H and O–H groups in total. The van der Waals surface area contributed by atoms with Gasteiger partial charge in [0, 0.05) is 42.7 Å². The van der Waals surface area contributed by atoms with Crippen molar-refractivity contribution in [3.8, 4) is 0 Å². The maximum atomic E-state index is 13.3. The summed E-state index contributed by atoms with van der Waals surface area (Å²) in [5.74, 6) is -0.363. The number of anilines is 1. The second kappa shape index (κ2) is 10.2. The zero-order valence-electron chi connectivity index (χ0n) is 19.1. The summed E-state index contributed by atoms with van der Waals surface area (Å²) in [6.45, 7) is 1.88. The predicted molar refractivity (Wildman–Crippen MR) is 131 cm³/mol. The second-order valence-corrected chi connectivity index (χ2v) is 9.32. The summed E-state index contributed by atoms with van der Waals surface area (Å²) in [6, 6.07) is 5.73. The molecule has 0 atom stereocenters. The third kappa shape index (κ3) is 5.36. The number of amidine groups is 1. The third-order valence-electron chi connectivity index (χ3n) is 5.84. The van der Waals surface area contributed by atoms with E-state index in [0.717, 1.165) is 43.4 Å². The van der Waals surface area contributed by atoms with Crippen molar-refractivity contribution in [2.24, 2.45) is 12.0 Å². The lowest BCUT2D eigenvalue weighted by molar-refractivity contribution is -0.384. The highest BCUT2D eigenvalue weighted by atomic mass is 32.2. The molecule has 1 aromatic heterocycles. The number of aromatic nitrogens is 2. The fourth-order valence-electron chi connectivity index (χ4n) is 4.17. The van der Waals surface area contributed by atoms with Crippen LogP contribution in [0, 0.1) is 17.0 Å². The molecule has 10 nitrogen and oxygen atoms in total. The first-order chi connectivity index (χ1) is 16.3. The first-order valence-electron chi connectivity index (χ1n) is 11.1. The molecule has 2 amide bonds. The topological polar surface area (TPSA) is 123 Å². The number of carbonyl (C=O) groups is 2. The summed E-state index contributed by atoms with van der Waals surface area (Å²) in [5.41, 5.74) is 2.42. The Morgan fingerprint density at radius 1 is 1.26 bits per heavy atom. The molecule has 1 aliphatic heterocycles. The molecule has 1 aliphatic carbocycles. The Labute approximate surface area is 201 Å². The van der Waals surface area contributed by atoms with E-state index in [4.69, 9.17) is 0 Å². The predicted octanol–water partition coefficient (Wildman–Crippen LogP) is 3.88. The van der Waals surface area contributed by atoms with Crippen LogP contribution in [0.4, 0.5) is 11.4 Å². The third-order valence-corrected chi connectivity index (χ3v) is 6.79. The van der Waals surface area contributed by atoms with E-state index in [2.05, 4.69) is 15.4 Å². The van der Waals surface area contributed by atoms with Gasteiger partial charge in [-0.2, -0.15) is 5.10 Å². The molecule has 0 spiro atoms. The number of nitro benzene ring substituents is 1. The van der Waals surface area contributed by atoms with Crippen LogP contribution in [0.3, 0.4) is 0 Å². The zero-order chi connectivity index (χ0) is 24.2. The summed E-state index contributed by atoms with van der Waals surface area (Å²) in [5, 5.41) is 18.4. The Morgan fingerprint density at radius 2 is 1.97 bits per heavy atom. The molecule has 1 saturated carbocycles. The smallest absolute Gasteiger partial charge is 0.278 e. The lowest BCUT2D eigenvalue weighted by atomic mass is 9.94. The number of aliphatic imine (C=N–C) groups is 1. The number of hydrogen-bond acceptors (Lipinski definition) is 7. The lowest BCUT2D eigenvalue weighted by Crippen LogP contribution is -2.41. The molecule has 178 valence electrons. The van der Waals surface area contributed by atoms with Gasteiger partial charge in [0.2, 0.25) is 5.91 Å². The summed E-state index contributed by atoms with van der Waals surface area (Å²) in [6.07, 6.45) is 8.72. The number of thioether (sulfide) groups is 1. The number of amides is 2. The molecule has 0 saturated heterocycles. The van der Waals surface area contributed by atoms with Crippen LogP contribution in [0.5, 0.6) is 0 Å². The number of aryl methyl sites for hydroxylation is 2. The van der Waals surface area contributed by atoms with Gasteiger partial charge in [0.15, 0.2) is 5.17 Å². The van der Waals surface area contributed by atoms with Crippen LogP contribution in [0.1, 0.15) is 43.4 Å². The van der Waals surface area contributed by atoms with Crippen molar-refractivity contribution in [1.29, 1.82) is 0 Å². The lowest BCUT2D eigenvalue weighted by Gasteiger charge is -2.31. The van der Waals surface area contributed by atoms with Gasteiger partial charge in [0.1, 0.15) is 5.70 Å². The van der Waals surface area contributed by atoms with Gasteiger partial charge in [-0.25, -0.2) is 4.99 Å². The van der Waals surface area contributed by atoms with Gasteiger partial charge < -0.3 is 5.32 Å². The molecule has 2 aromatic rings. The molecule has 4 rings (SSSR count). The van der Waals surface area contributed by atoms with E-state index in [9.17, 15) is 19.7 Å². The van der Waals surface area contributed by atoms with Gasteiger partial charge in [-0.1, -0.05) is 31.0 Å². The van der Waals surface area contributed by atoms with Crippen LogP contribution >= 0.6 is 11.8 Å². The zero-order valence-corrected chi connectivity index (χ0v) is 19.9. The molecule has 0 unspecified atom stereocenters. The molecule has 1 aromatic carbocycles. The summed E-state index contributed by atoms with van der Waals surface area (Å²) in [7, 11) is 1.83.